The van der Waals surface area contributed by atoms with Gasteiger partial charge in [-0.3, -0.25) is 0 Å². The lowest BCUT2D eigenvalue weighted by Gasteiger charge is -2.28. The van der Waals surface area contributed by atoms with E-state index in [0.717, 1.165) is 4.47 Å². The lowest BCUT2D eigenvalue weighted by Crippen LogP contribution is -2.37. The van der Waals surface area contributed by atoms with Gasteiger partial charge in [0.25, 0.3) is 0 Å². The van der Waals surface area contributed by atoms with E-state index in [-0.39, 0.29) is 6.04 Å². The van der Waals surface area contributed by atoms with Gasteiger partial charge in [-0.2, -0.15) is 0 Å². The number of halogens is 1. The van der Waals surface area contributed by atoms with Gasteiger partial charge in [0.15, 0.2) is 0 Å². The predicted molar refractivity (Wildman–Crippen MR) is 54.4 cm³/mol. The quantitative estimate of drug-likeness (QED) is 0.893. The summed E-state index contributed by atoms with van der Waals surface area (Å²) in [6, 6.07) is 1.54. The van der Waals surface area contributed by atoms with Crippen LogP contribution >= 0.6 is 15.9 Å². The molecule has 0 bridgehead atoms. The molecule has 4 heteroatoms. The zero-order valence-electron chi connectivity index (χ0n) is 8.00. The molecule has 1 rings (SSSR count). The van der Waals surface area contributed by atoms with Crippen molar-refractivity contribution in [2.45, 2.75) is 25.5 Å². The molecule has 0 saturated carbocycles. The second-order valence-corrected chi connectivity index (χ2v) is 4.27. The Kier molecular flexibility index (Phi) is 3.16. The minimum absolute atomic E-state index is 0.276. The lowest BCUT2D eigenvalue weighted by atomic mass is 9.97. The summed E-state index contributed by atoms with van der Waals surface area (Å²) in [5.41, 5.74) is 5.55. The highest BCUT2D eigenvalue weighted by atomic mass is 79.9. The molecule has 1 unspecified atom stereocenters. The van der Waals surface area contributed by atoms with Gasteiger partial charge in [0.05, 0.1) is 22.4 Å². The van der Waals surface area contributed by atoms with Gasteiger partial charge in [-0.1, -0.05) is 0 Å². The summed E-state index contributed by atoms with van der Waals surface area (Å²) in [6.07, 6.45) is 1.60. The van der Waals surface area contributed by atoms with E-state index in [9.17, 15) is 0 Å². The molecule has 13 heavy (non-hydrogen) atoms. The third-order valence-electron chi connectivity index (χ3n) is 2.20. The number of hydrogen-bond donors (Lipinski definition) is 1. The number of ether oxygens (including phenoxy) is 1. The maximum Gasteiger partial charge on any atom is 0.137 e. The third-order valence-corrected chi connectivity index (χ3v) is 2.86. The van der Waals surface area contributed by atoms with Crippen molar-refractivity contribution in [3.05, 3.63) is 22.6 Å². The number of hydrogen-bond acceptors (Lipinski definition) is 3. The lowest BCUT2D eigenvalue weighted by molar-refractivity contribution is -0.00554. The second kappa shape index (κ2) is 3.82. The highest BCUT2D eigenvalue weighted by Gasteiger charge is 2.30. The summed E-state index contributed by atoms with van der Waals surface area (Å²) < 4.78 is 11.4. The van der Waals surface area contributed by atoms with E-state index >= 15 is 0 Å². The van der Waals surface area contributed by atoms with Gasteiger partial charge in [-0.25, -0.2) is 0 Å². The van der Waals surface area contributed by atoms with Crippen molar-refractivity contribution in [3.8, 4) is 0 Å². The number of nitrogens with two attached hydrogens (primary N) is 1. The molecule has 2 N–H and O–H groups in total. The summed E-state index contributed by atoms with van der Waals surface area (Å²) >= 11 is 3.36. The zero-order chi connectivity index (χ0) is 10.1. The van der Waals surface area contributed by atoms with Crippen LogP contribution in [0.2, 0.25) is 0 Å². The van der Waals surface area contributed by atoms with Crippen LogP contribution in [-0.4, -0.2) is 12.7 Å². The van der Waals surface area contributed by atoms with Crippen molar-refractivity contribution >= 4 is 15.9 Å². The molecule has 0 aliphatic carbocycles. The molecule has 3 nitrogen and oxygen atoms in total. The molecule has 0 saturated heterocycles. The minimum atomic E-state index is -0.430. The Morgan fingerprint density at radius 2 is 2.23 bits per heavy atom. The largest absolute Gasteiger partial charge is 0.466 e. The van der Waals surface area contributed by atoms with E-state index in [1.54, 1.807) is 13.4 Å². The van der Waals surface area contributed by atoms with Crippen LogP contribution in [0.25, 0.3) is 0 Å². The van der Waals surface area contributed by atoms with Gasteiger partial charge in [0.2, 0.25) is 0 Å². The van der Waals surface area contributed by atoms with Crippen LogP contribution in [0, 0.1) is 0 Å². The van der Waals surface area contributed by atoms with Crippen LogP contribution in [0.3, 0.4) is 0 Å². The van der Waals surface area contributed by atoms with E-state index in [2.05, 4.69) is 15.9 Å². The van der Waals surface area contributed by atoms with Gasteiger partial charge in [-0.15, -0.1) is 0 Å². The molecule has 0 fully saturated rings. The summed E-state index contributed by atoms with van der Waals surface area (Å²) in [6.45, 7) is 3.85. The summed E-state index contributed by atoms with van der Waals surface area (Å²) in [5, 5.41) is 0. The number of furan rings is 1. The van der Waals surface area contributed by atoms with Crippen molar-refractivity contribution in [1.29, 1.82) is 0 Å². The zero-order valence-corrected chi connectivity index (χ0v) is 9.59. The summed E-state index contributed by atoms with van der Waals surface area (Å²) in [5.74, 6) is 0.715. The fourth-order valence-corrected chi connectivity index (χ4v) is 1.42. The van der Waals surface area contributed by atoms with Gasteiger partial charge in [-0.05, 0) is 35.8 Å². The van der Waals surface area contributed by atoms with Crippen molar-refractivity contribution in [2.75, 3.05) is 7.11 Å². The fourth-order valence-electron chi connectivity index (χ4n) is 0.970. The average molecular weight is 248 g/mol. The predicted octanol–water partition coefficient (Wildman–Crippen LogP) is 2.47. The smallest absolute Gasteiger partial charge is 0.137 e. The monoisotopic (exact) mass is 247 g/mol. The number of methoxy groups -OCH3 is 1. The molecule has 0 aromatic carbocycles. The van der Waals surface area contributed by atoms with Crippen LogP contribution in [0.15, 0.2) is 21.2 Å². The molecule has 1 atom stereocenters. The Bertz CT molecular complexity index is 283. The Balaban J connectivity index is 2.91. The number of rotatable bonds is 3. The van der Waals surface area contributed by atoms with Crippen molar-refractivity contribution in [2.24, 2.45) is 5.73 Å². The second-order valence-electron chi connectivity index (χ2n) is 3.42. The van der Waals surface area contributed by atoms with Crippen LogP contribution in [-0.2, 0) is 4.74 Å². The Morgan fingerprint density at radius 3 is 2.62 bits per heavy atom. The molecule has 0 amide bonds. The summed E-state index contributed by atoms with van der Waals surface area (Å²) in [4.78, 5) is 0. The molecule has 0 aliphatic heterocycles. The van der Waals surface area contributed by atoms with Crippen LogP contribution in [0.4, 0.5) is 0 Å². The first kappa shape index (κ1) is 10.8. The normalized spacial score (nSPS) is 14.5. The van der Waals surface area contributed by atoms with Crippen molar-refractivity contribution < 1.29 is 9.15 Å². The van der Waals surface area contributed by atoms with Crippen molar-refractivity contribution in [3.63, 3.8) is 0 Å². The van der Waals surface area contributed by atoms with E-state index in [4.69, 9.17) is 14.9 Å². The molecule has 0 spiro atoms. The standard InChI is InChI=1S/C9H14BrNO2/c1-9(2,12-3)8(11)7-6(10)4-5-13-7/h4-5,8H,11H2,1-3H3. The molecular formula is C9H14BrNO2. The first-order valence-electron chi connectivity index (χ1n) is 4.02. The van der Waals surface area contributed by atoms with Crippen LogP contribution in [0.5, 0.6) is 0 Å². The Labute approximate surface area is 86.4 Å². The van der Waals surface area contributed by atoms with Crippen molar-refractivity contribution in [1.82, 2.24) is 0 Å². The summed E-state index contributed by atoms with van der Waals surface area (Å²) in [7, 11) is 1.64. The topological polar surface area (TPSA) is 48.4 Å². The SMILES string of the molecule is COC(C)(C)C(N)c1occc1Br. The maximum absolute atomic E-state index is 5.98. The van der Waals surface area contributed by atoms with E-state index in [0.29, 0.717) is 5.76 Å². The van der Waals surface area contributed by atoms with Gasteiger partial charge >= 0.3 is 0 Å². The highest BCUT2D eigenvalue weighted by Crippen LogP contribution is 2.31. The molecule has 1 aromatic heterocycles. The molecule has 1 aromatic rings. The first-order valence-corrected chi connectivity index (χ1v) is 4.82. The maximum atomic E-state index is 5.98. The molecule has 1 heterocycles. The van der Waals surface area contributed by atoms with E-state index in [1.165, 1.54) is 0 Å². The Hall–Kier alpha value is -0.320. The molecule has 0 aliphatic rings. The van der Waals surface area contributed by atoms with E-state index in [1.807, 2.05) is 19.9 Å². The highest BCUT2D eigenvalue weighted by molar-refractivity contribution is 9.10. The average Bonchev–Trinajstić information content (AvgIpc) is 2.50. The van der Waals surface area contributed by atoms with Crippen LogP contribution in [0.1, 0.15) is 25.6 Å². The third kappa shape index (κ3) is 2.13. The molecular weight excluding hydrogens is 234 g/mol. The van der Waals surface area contributed by atoms with Gasteiger partial charge in [0.1, 0.15) is 5.76 Å². The van der Waals surface area contributed by atoms with Crippen LogP contribution < -0.4 is 5.73 Å². The molecule has 0 radical (unpaired) electrons. The Morgan fingerprint density at radius 1 is 1.62 bits per heavy atom. The minimum Gasteiger partial charge on any atom is -0.466 e. The fraction of sp³-hybridized carbons (Fsp3) is 0.556. The van der Waals surface area contributed by atoms with Gasteiger partial charge in [0, 0.05) is 7.11 Å². The van der Waals surface area contributed by atoms with E-state index < -0.39 is 5.60 Å². The van der Waals surface area contributed by atoms with Gasteiger partial charge < -0.3 is 14.9 Å². The first-order chi connectivity index (χ1) is 5.99. The molecule has 74 valence electrons.